The average Bonchev–Trinajstić information content (AvgIpc) is 2.69. The van der Waals surface area contributed by atoms with Gasteiger partial charge in [0, 0.05) is 19.6 Å². The minimum absolute atomic E-state index is 0. The van der Waals surface area contributed by atoms with E-state index in [1.54, 1.807) is 0 Å². The Labute approximate surface area is 220 Å². The van der Waals surface area contributed by atoms with E-state index < -0.39 is 41.9 Å². The van der Waals surface area contributed by atoms with E-state index in [0.717, 1.165) is 0 Å². The zero-order valence-corrected chi connectivity index (χ0v) is 17.5. The zero-order chi connectivity index (χ0) is 23.9. The molecule has 0 aromatic heterocycles. The van der Waals surface area contributed by atoms with Gasteiger partial charge in [-0.2, -0.15) is 0 Å². The van der Waals surface area contributed by atoms with Gasteiger partial charge in [0.25, 0.3) is 0 Å². The number of hydrogen-bond acceptors (Lipinski definition) is 10. The van der Waals surface area contributed by atoms with Crippen LogP contribution in [-0.2, 0) is 38.1 Å². The van der Waals surface area contributed by atoms with Crippen LogP contribution in [0.2, 0.25) is 0 Å². The van der Waals surface area contributed by atoms with Crippen molar-refractivity contribution >= 4 is 61.6 Å². The maximum absolute atomic E-state index is 11.3. The Hall–Kier alpha value is -1.10. The summed E-state index contributed by atoms with van der Waals surface area (Å²) in [6.45, 7) is 0.674. The molecule has 0 radical (unpaired) electrons. The van der Waals surface area contributed by atoms with Crippen molar-refractivity contribution in [2.45, 2.75) is 12.1 Å². The second-order valence-electron chi connectivity index (χ2n) is 6.74. The first kappa shape index (κ1) is 31.9. The van der Waals surface area contributed by atoms with Gasteiger partial charge in [-0.25, -0.2) is 9.59 Å². The van der Waals surface area contributed by atoms with Crippen LogP contribution in [0.1, 0.15) is 0 Å². The van der Waals surface area contributed by atoms with Gasteiger partial charge in [0.1, 0.15) is 0 Å². The molecule has 14 nitrogen and oxygen atoms in total. The number of hydrogen-bond donors (Lipinski definition) is 5. The Balaban J connectivity index is 0.0000102. The Morgan fingerprint density at radius 1 is 0.697 bits per heavy atom. The Morgan fingerprint density at radius 2 is 1.15 bits per heavy atom. The van der Waals surface area contributed by atoms with Crippen molar-refractivity contribution < 1.29 is 58.6 Å². The molecule has 1 fully saturated rings. The Morgan fingerprint density at radius 3 is 1.61 bits per heavy atom. The number of carboxylic acid groups (broad SMARTS) is 4. The third-order valence-electron chi connectivity index (χ3n) is 4.51. The Bertz CT molecular complexity index is 545. The van der Waals surface area contributed by atoms with Crippen molar-refractivity contribution in [2.75, 3.05) is 72.5 Å². The van der Waals surface area contributed by atoms with Gasteiger partial charge in [0.05, 0.1) is 58.9 Å². The zero-order valence-electron chi connectivity index (χ0n) is 17.5. The van der Waals surface area contributed by atoms with Crippen LogP contribution < -0.4 is 5.32 Å². The summed E-state index contributed by atoms with van der Waals surface area (Å²) in [6.07, 6.45) is 0. The van der Waals surface area contributed by atoms with E-state index >= 15 is 0 Å². The summed E-state index contributed by atoms with van der Waals surface area (Å²) in [5.41, 5.74) is 0. The molecule has 5 N–H and O–H groups in total. The van der Waals surface area contributed by atoms with Crippen LogP contribution in [0.25, 0.3) is 0 Å². The van der Waals surface area contributed by atoms with Crippen LogP contribution in [0, 0.1) is 5.92 Å². The molecule has 1 aliphatic rings. The topological polar surface area (TPSA) is 201 Å². The van der Waals surface area contributed by atoms with Gasteiger partial charge < -0.3 is 44.7 Å². The fourth-order valence-electron chi connectivity index (χ4n) is 2.94. The van der Waals surface area contributed by atoms with Crippen molar-refractivity contribution in [2.24, 2.45) is 5.92 Å². The summed E-state index contributed by atoms with van der Waals surface area (Å²) in [4.78, 5) is 46.5. The van der Waals surface area contributed by atoms with Crippen LogP contribution in [0.15, 0.2) is 0 Å². The Kier molecular flexibility index (Phi) is 17.6. The second kappa shape index (κ2) is 18.3. The van der Waals surface area contributed by atoms with E-state index in [1.807, 2.05) is 0 Å². The SMILES string of the molecule is O=C(O)C(C(=O)O)C1COCCOCCN(C(C(=O)O)C(=O)O)CCOCCOCCN1.[CaH2]. The molecule has 0 aromatic carbocycles. The molecular weight excluding hydrogens is 476 g/mol. The van der Waals surface area contributed by atoms with E-state index in [2.05, 4.69) is 5.32 Å². The summed E-state index contributed by atoms with van der Waals surface area (Å²) < 4.78 is 21.4. The predicted molar refractivity (Wildman–Crippen MR) is 113 cm³/mol. The van der Waals surface area contributed by atoms with Crippen molar-refractivity contribution in [3.8, 4) is 0 Å². The first-order chi connectivity index (χ1) is 15.3. The monoisotopic (exact) mass is 508 g/mol. The molecule has 188 valence electrons. The number of ether oxygens (including phenoxy) is 4. The van der Waals surface area contributed by atoms with Gasteiger partial charge in [-0.1, -0.05) is 0 Å². The predicted octanol–water partition coefficient (Wildman–Crippen LogP) is -3.27. The molecular formula is C18H32CaN2O12. The van der Waals surface area contributed by atoms with Crippen LogP contribution in [0.3, 0.4) is 0 Å². The normalized spacial score (nSPS) is 20.8. The molecule has 1 unspecified atom stereocenters. The molecule has 33 heavy (non-hydrogen) atoms. The molecule has 1 atom stereocenters. The average molecular weight is 509 g/mol. The van der Waals surface area contributed by atoms with E-state index in [4.69, 9.17) is 18.9 Å². The van der Waals surface area contributed by atoms with Gasteiger partial charge in [0.15, 0.2) is 5.92 Å². The molecule has 0 bridgehead atoms. The van der Waals surface area contributed by atoms with Crippen LogP contribution in [-0.4, -0.2) is 172 Å². The van der Waals surface area contributed by atoms with Gasteiger partial charge in [0.2, 0.25) is 6.04 Å². The molecule has 1 rings (SSSR count). The first-order valence-electron chi connectivity index (χ1n) is 9.95. The van der Waals surface area contributed by atoms with Crippen LogP contribution >= 0.6 is 0 Å². The van der Waals surface area contributed by atoms with E-state index in [1.165, 1.54) is 4.90 Å². The summed E-state index contributed by atoms with van der Waals surface area (Å²) in [7, 11) is 0. The summed E-state index contributed by atoms with van der Waals surface area (Å²) in [6, 6.07) is -2.76. The quantitative estimate of drug-likeness (QED) is 0.177. The van der Waals surface area contributed by atoms with Crippen molar-refractivity contribution in [3.63, 3.8) is 0 Å². The molecule has 0 aromatic rings. The van der Waals surface area contributed by atoms with Gasteiger partial charge >= 0.3 is 61.6 Å². The maximum atomic E-state index is 11.3. The summed E-state index contributed by atoms with van der Waals surface area (Å²) in [5.74, 6) is -7.73. The molecule has 0 saturated carbocycles. The first-order valence-corrected chi connectivity index (χ1v) is 9.95. The third-order valence-corrected chi connectivity index (χ3v) is 4.51. The molecule has 1 saturated heterocycles. The number of rotatable bonds is 6. The summed E-state index contributed by atoms with van der Waals surface area (Å²) in [5, 5.41) is 39.6. The molecule has 0 spiro atoms. The van der Waals surface area contributed by atoms with Gasteiger partial charge in [-0.15, -0.1) is 0 Å². The van der Waals surface area contributed by atoms with Crippen LogP contribution in [0.5, 0.6) is 0 Å². The van der Waals surface area contributed by atoms with Crippen molar-refractivity contribution in [3.05, 3.63) is 0 Å². The molecule has 1 heterocycles. The standard InChI is InChI=1S/C18H30N2O12.Ca.2H/c21-15(22)13(16(23)24)12-11-32-10-9-31-6-3-20(14(17(25)26)18(27)28)2-5-30-8-7-29-4-1-19-12;;;/h12-14,19H,1-11H2,(H,21,22)(H,23,24)(H,25,26)(H,27,28);;;. The number of nitrogens with zero attached hydrogens (tertiary/aromatic N) is 1. The molecule has 15 heteroatoms. The molecule has 0 aliphatic carbocycles. The number of carboxylic acids is 4. The van der Waals surface area contributed by atoms with E-state index in [0.29, 0.717) is 0 Å². The van der Waals surface area contributed by atoms with Gasteiger partial charge in [-0.05, 0) is 0 Å². The van der Waals surface area contributed by atoms with Crippen molar-refractivity contribution in [1.29, 1.82) is 0 Å². The number of nitrogens with one attached hydrogen (secondary N) is 1. The van der Waals surface area contributed by atoms with E-state index in [-0.39, 0.29) is 110 Å². The fraction of sp³-hybridized carbons (Fsp3) is 0.778. The minimum atomic E-state index is -1.75. The molecule has 1 aliphatic heterocycles. The summed E-state index contributed by atoms with van der Waals surface area (Å²) >= 11 is 0. The van der Waals surface area contributed by atoms with E-state index in [9.17, 15) is 39.6 Å². The van der Waals surface area contributed by atoms with Gasteiger partial charge in [-0.3, -0.25) is 14.5 Å². The second-order valence-corrected chi connectivity index (χ2v) is 6.74. The fourth-order valence-corrected chi connectivity index (χ4v) is 2.94. The third kappa shape index (κ3) is 12.8. The molecule has 0 amide bonds. The van der Waals surface area contributed by atoms with Crippen LogP contribution in [0.4, 0.5) is 0 Å². The number of carbonyl (C=O) groups is 4. The number of aliphatic carboxylic acids is 4. The van der Waals surface area contributed by atoms with Crippen molar-refractivity contribution in [1.82, 2.24) is 10.2 Å².